The summed E-state index contributed by atoms with van der Waals surface area (Å²) in [4.78, 5) is 13.1. The molecule has 0 fully saturated rings. The summed E-state index contributed by atoms with van der Waals surface area (Å²) < 4.78 is 5.26. The van der Waals surface area contributed by atoms with E-state index in [9.17, 15) is 4.79 Å². The van der Waals surface area contributed by atoms with E-state index in [1.54, 1.807) is 11.8 Å². The van der Waals surface area contributed by atoms with Gasteiger partial charge in [-0.25, -0.2) is 0 Å². The average molecular weight is 301 g/mol. The van der Waals surface area contributed by atoms with Crippen molar-refractivity contribution in [2.24, 2.45) is 5.73 Å². The molecule has 4 heteroatoms. The van der Waals surface area contributed by atoms with Crippen molar-refractivity contribution in [3.63, 3.8) is 0 Å². The Labute approximate surface area is 129 Å². The standard InChI is InChI=1S/C17H19NO2S/c1-21-15-9-7-14(8-10-15)12-20-17(19)16(18)11-13-5-3-2-4-6-13/h2-10,16H,11-12,18H2,1H3. The zero-order valence-electron chi connectivity index (χ0n) is 12.0. The second-order valence-electron chi connectivity index (χ2n) is 4.75. The Morgan fingerprint density at radius 3 is 2.38 bits per heavy atom. The number of benzene rings is 2. The summed E-state index contributed by atoms with van der Waals surface area (Å²) in [7, 11) is 0. The van der Waals surface area contributed by atoms with E-state index in [-0.39, 0.29) is 12.6 Å². The number of carbonyl (C=O) groups is 1. The van der Waals surface area contributed by atoms with Crippen LogP contribution in [0.25, 0.3) is 0 Å². The van der Waals surface area contributed by atoms with E-state index in [1.165, 1.54) is 4.90 Å². The van der Waals surface area contributed by atoms with Crippen molar-refractivity contribution in [3.05, 3.63) is 65.7 Å². The Hall–Kier alpha value is -1.78. The van der Waals surface area contributed by atoms with Gasteiger partial charge in [-0.3, -0.25) is 4.79 Å². The van der Waals surface area contributed by atoms with Crippen molar-refractivity contribution in [1.29, 1.82) is 0 Å². The van der Waals surface area contributed by atoms with Crippen LogP contribution in [0.4, 0.5) is 0 Å². The van der Waals surface area contributed by atoms with Crippen molar-refractivity contribution >= 4 is 17.7 Å². The molecular weight excluding hydrogens is 282 g/mol. The van der Waals surface area contributed by atoms with E-state index in [0.29, 0.717) is 6.42 Å². The molecule has 0 radical (unpaired) electrons. The zero-order chi connectivity index (χ0) is 15.1. The molecule has 2 aromatic rings. The Kier molecular flexibility index (Phi) is 5.84. The molecule has 0 saturated heterocycles. The van der Waals surface area contributed by atoms with Crippen LogP contribution in [0.15, 0.2) is 59.5 Å². The van der Waals surface area contributed by atoms with E-state index >= 15 is 0 Å². The molecule has 0 bridgehead atoms. The summed E-state index contributed by atoms with van der Waals surface area (Å²) in [5.74, 6) is -0.368. The quantitative estimate of drug-likeness (QED) is 0.658. The molecule has 0 aliphatic carbocycles. The van der Waals surface area contributed by atoms with E-state index in [0.717, 1.165) is 11.1 Å². The Bertz CT molecular complexity index is 569. The molecule has 2 aromatic carbocycles. The van der Waals surface area contributed by atoms with Crippen LogP contribution in [0, 0.1) is 0 Å². The van der Waals surface area contributed by atoms with Crippen LogP contribution in [0.5, 0.6) is 0 Å². The summed E-state index contributed by atoms with van der Waals surface area (Å²) >= 11 is 1.68. The molecule has 0 aliphatic rings. The fourth-order valence-corrected chi connectivity index (χ4v) is 2.34. The number of rotatable bonds is 6. The maximum atomic E-state index is 11.9. The average Bonchev–Trinajstić information content (AvgIpc) is 2.54. The molecule has 0 aliphatic heterocycles. The predicted octanol–water partition coefficient (Wildman–Crippen LogP) is 3.02. The molecule has 0 amide bonds. The molecule has 0 spiro atoms. The maximum Gasteiger partial charge on any atom is 0.323 e. The summed E-state index contributed by atoms with van der Waals surface area (Å²) in [5.41, 5.74) is 7.88. The van der Waals surface area contributed by atoms with Gasteiger partial charge in [0.1, 0.15) is 12.6 Å². The fraction of sp³-hybridized carbons (Fsp3) is 0.235. The number of hydrogen-bond acceptors (Lipinski definition) is 4. The summed E-state index contributed by atoms with van der Waals surface area (Å²) in [6.07, 6.45) is 2.52. The third-order valence-electron chi connectivity index (χ3n) is 3.14. The minimum Gasteiger partial charge on any atom is -0.460 e. The predicted molar refractivity (Wildman–Crippen MR) is 86.1 cm³/mol. The summed E-state index contributed by atoms with van der Waals surface area (Å²) in [6.45, 7) is 0.260. The SMILES string of the molecule is CSc1ccc(COC(=O)C(N)Cc2ccccc2)cc1. The second-order valence-corrected chi connectivity index (χ2v) is 5.63. The Morgan fingerprint density at radius 1 is 1.10 bits per heavy atom. The smallest absolute Gasteiger partial charge is 0.323 e. The molecule has 1 unspecified atom stereocenters. The molecular formula is C17H19NO2S. The molecule has 2 rings (SSSR count). The highest BCUT2D eigenvalue weighted by Gasteiger charge is 2.15. The van der Waals surface area contributed by atoms with Crippen LogP contribution >= 0.6 is 11.8 Å². The summed E-state index contributed by atoms with van der Waals surface area (Å²) in [6, 6.07) is 17.0. The molecule has 110 valence electrons. The number of hydrogen-bond donors (Lipinski definition) is 1. The van der Waals surface area contributed by atoms with Crippen molar-refractivity contribution in [1.82, 2.24) is 0 Å². The normalized spacial score (nSPS) is 11.9. The maximum absolute atomic E-state index is 11.9. The molecule has 0 aromatic heterocycles. The van der Waals surface area contributed by atoms with Gasteiger partial charge in [0, 0.05) is 4.90 Å². The number of thioether (sulfide) groups is 1. The minimum atomic E-state index is -0.627. The largest absolute Gasteiger partial charge is 0.460 e. The first kappa shape index (κ1) is 15.6. The van der Waals surface area contributed by atoms with Crippen LogP contribution < -0.4 is 5.73 Å². The molecule has 2 N–H and O–H groups in total. The number of carbonyl (C=O) groups excluding carboxylic acids is 1. The van der Waals surface area contributed by atoms with Gasteiger partial charge in [0.25, 0.3) is 0 Å². The van der Waals surface area contributed by atoms with Gasteiger partial charge in [0.2, 0.25) is 0 Å². The molecule has 0 heterocycles. The fourth-order valence-electron chi connectivity index (χ4n) is 1.93. The minimum absolute atomic E-state index is 0.260. The first-order valence-electron chi connectivity index (χ1n) is 6.78. The van der Waals surface area contributed by atoms with E-state index in [2.05, 4.69) is 0 Å². The number of nitrogens with two attached hydrogens (primary N) is 1. The molecule has 0 saturated carbocycles. The van der Waals surface area contributed by atoms with E-state index in [4.69, 9.17) is 10.5 Å². The third-order valence-corrected chi connectivity index (χ3v) is 3.88. The van der Waals surface area contributed by atoms with Gasteiger partial charge in [-0.1, -0.05) is 42.5 Å². The van der Waals surface area contributed by atoms with Crippen LogP contribution in [0.3, 0.4) is 0 Å². The Morgan fingerprint density at radius 2 is 1.76 bits per heavy atom. The van der Waals surface area contributed by atoms with Crippen LogP contribution in [-0.2, 0) is 22.6 Å². The van der Waals surface area contributed by atoms with Gasteiger partial charge < -0.3 is 10.5 Å². The van der Waals surface area contributed by atoms with Gasteiger partial charge in [-0.05, 0) is 35.9 Å². The van der Waals surface area contributed by atoms with E-state index < -0.39 is 6.04 Å². The van der Waals surface area contributed by atoms with E-state index in [1.807, 2.05) is 60.9 Å². The summed E-state index contributed by atoms with van der Waals surface area (Å²) in [5, 5.41) is 0. The van der Waals surface area contributed by atoms with Gasteiger partial charge in [0.15, 0.2) is 0 Å². The van der Waals surface area contributed by atoms with Crippen LogP contribution in [-0.4, -0.2) is 18.3 Å². The lowest BCUT2D eigenvalue weighted by molar-refractivity contribution is -0.146. The topological polar surface area (TPSA) is 52.3 Å². The molecule has 1 atom stereocenters. The van der Waals surface area contributed by atoms with Gasteiger partial charge >= 0.3 is 5.97 Å². The number of esters is 1. The molecule has 3 nitrogen and oxygen atoms in total. The monoisotopic (exact) mass is 301 g/mol. The van der Waals surface area contributed by atoms with Crippen molar-refractivity contribution in [2.45, 2.75) is 24.0 Å². The highest BCUT2D eigenvalue weighted by Crippen LogP contribution is 2.15. The van der Waals surface area contributed by atoms with Gasteiger partial charge in [0.05, 0.1) is 0 Å². The van der Waals surface area contributed by atoms with Crippen LogP contribution in [0.1, 0.15) is 11.1 Å². The zero-order valence-corrected chi connectivity index (χ0v) is 12.8. The lowest BCUT2D eigenvalue weighted by Crippen LogP contribution is -2.34. The van der Waals surface area contributed by atoms with Crippen molar-refractivity contribution < 1.29 is 9.53 Å². The van der Waals surface area contributed by atoms with Crippen molar-refractivity contribution in [2.75, 3.05) is 6.26 Å². The first-order valence-corrected chi connectivity index (χ1v) is 8.00. The van der Waals surface area contributed by atoms with Gasteiger partial charge in [-0.2, -0.15) is 0 Å². The lowest BCUT2D eigenvalue weighted by Gasteiger charge is -2.12. The lowest BCUT2D eigenvalue weighted by atomic mass is 10.1. The van der Waals surface area contributed by atoms with Crippen LogP contribution in [0.2, 0.25) is 0 Å². The van der Waals surface area contributed by atoms with Gasteiger partial charge in [-0.15, -0.1) is 11.8 Å². The number of ether oxygens (including phenoxy) is 1. The highest BCUT2D eigenvalue weighted by atomic mass is 32.2. The molecule has 21 heavy (non-hydrogen) atoms. The third kappa shape index (κ3) is 4.92. The first-order chi connectivity index (χ1) is 10.2. The highest BCUT2D eigenvalue weighted by molar-refractivity contribution is 7.98. The second kappa shape index (κ2) is 7.86. The van der Waals surface area contributed by atoms with Crippen molar-refractivity contribution in [3.8, 4) is 0 Å². The Balaban J connectivity index is 1.83.